The number of piperidine rings is 2. The highest BCUT2D eigenvalue weighted by Crippen LogP contribution is 2.37. The molecule has 0 saturated carbocycles. The lowest BCUT2D eigenvalue weighted by Gasteiger charge is -2.46. The molecule has 2 fully saturated rings. The zero-order valence-corrected chi connectivity index (χ0v) is 14.4. The van der Waals surface area contributed by atoms with Gasteiger partial charge in [0.05, 0.1) is 11.5 Å². The number of aliphatic hydroxyl groups excluding tert-OH is 1. The van der Waals surface area contributed by atoms with Gasteiger partial charge in [-0.1, -0.05) is 23.7 Å². The van der Waals surface area contributed by atoms with E-state index in [1.165, 1.54) is 0 Å². The molecular formula is C18H23ClN2O3. The normalized spacial score (nSPS) is 27.2. The predicted octanol–water partition coefficient (Wildman–Crippen LogP) is 1.76. The molecule has 2 N–H and O–H groups in total. The number of hydrogen-bond donors (Lipinski definition) is 2. The first-order valence-corrected chi connectivity index (χ1v) is 8.88. The predicted molar refractivity (Wildman–Crippen MR) is 91.7 cm³/mol. The Morgan fingerprint density at radius 2 is 2.12 bits per heavy atom. The Kier molecular flexibility index (Phi) is 5.11. The van der Waals surface area contributed by atoms with Crippen LogP contribution in [0.15, 0.2) is 24.3 Å². The summed E-state index contributed by atoms with van der Waals surface area (Å²) in [5.74, 6) is -0.0777. The van der Waals surface area contributed by atoms with Crippen LogP contribution in [0.2, 0.25) is 5.02 Å². The van der Waals surface area contributed by atoms with Gasteiger partial charge in [0.25, 0.3) is 0 Å². The summed E-state index contributed by atoms with van der Waals surface area (Å²) in [5.41, 5.74) is 0.238. The number of nitrogens with zero attached hydrogens (tertiary/aromatic N) is 1. The smallest absolute Gasteiger partial charge is 0.230 e. The highest BCUT2D eigenvalue weighted by atomic mass is 35.5. The van der Waals surface area contributed by atoms with Crippen LogP contribution in [0.25, 0.3) is 0 Å². The summed E-state index contributed by atoms with van der Waals surface area (Å²) in [6.45, 7) is 1.48. The van der Waals surface area contributed by atoms with Crippen molar-refractivity contribution in [3.63, 3.8) is 0 Å². The van der Waals surface area contributed by atoms with Gasteiger partial charge in [-0.2, -0.15) is 0 Å². The lowest BCUT2D eigenvalue weighted by molar-refractivity contribution is -0.154. The molecule has 2 atom stereocenters. The van der Waals surface area contributed by atoms with Crippen LogP contribution < -0.4 is 5.32 Å². The molecule has 0 unspecified atom stereocenters. The maximum Gasteiger partial charge on any atom is 0.230 e. The van der Waals surface area contributed by atoms with E-state index in [0.29, 0.717) is 50.3 Å². The van der Waals surface area contributed by atoms with Crippen LogP contribution >= 0.6 is 11.6 Å². The number of rotatable bonds is 3. The monoisotopic (exact) mass is 350 g/mol. The summed E-state index contributed by atoms with van der Waals surface area (Å²) in [6, 6.07) is 7.48. The molecule has 2 amide bonds. The van der Waals surface area contributed by atoms with Gasteiger partial charge in [0.2, 0.25) is 11.8 Å². The standard InChI is InChI=1S/C18H23ClN2O3/c19-14-5-2-13(3-6-14)4-7-16(23)21-11-8-15(22)18(12-21)9-1-10-20-17(18)24/h2-3,5-6,15,22H,1,4,7-12H2,(H,20,24)/t15-,18-/m1/s1. The molecule has 0 bridgehead atoms. The number of carbonyl (C=O) groups is 2. The fourth-order valence-corrected chi connectivity index (χ4v) is 3.84. The van der Waals surface area contributed by atoms with Crippen molar-refractivity contribution in [3.8, 4) is 0 Å². The summed E-state index contributed by atoms with van der Waals surface area (Å²) in [6.07, 6.45) is 2.32. The van der Waals surface area contributed by atoms with E-state index >= 15 is 0 Å². The van der Waals surface area contributed by atoms with Gasteiger partial charge in [0.1, 0.15) is 0 Å². The Morgan fingerprint density at radius 3 is 2.83 bits per heavy atom. The molecule has 130 valence electrons. The molecule has 1 spiro atoms. The Balaban J connectivity index is 1.62. The third-order valence-corrected chi connectivity index (χ3v) is 5.47. The molecule has 5 nitrogen and oxygen atoms in total. The van der Waals surface area contributed by atoms with Crippen LogP contribution in [0.1, 0.15) is 31.2 Å². The molecule has 1 aromatic rings. The van der Waals surface area contributed by atoms with Crippen molar-refractivity contribution in [1.82, 2.24) is 10.2 Å². The van der Waals surface area contributed by atoms with Crippen molar-refractivity contribution < 1.29 is 14.7 Å². The molecule has 24 heavy (non-hydrogen) atoms. The third-order valence-electron chi connectivity index (χ3n) is 5.21. The number of carbonyl (C=O) groups excluding carboxylic acids is 2. The Labute approximate surface area is 147 Å². The lowest BCUT2D eigenvalue weighted by Crippen LogP contribution is -2.62. The van der Waals surface area contributed by atoms with E-state index in [1.54, 1.807) is 4.90 Å². The second-order valence-corrected chi connectivity index (χ2v) is 7.20. The van der Waals surface area contributed by atoms with Gasteiger partial charge < -0.3 is 15.3 Å². The van der Waals surface area contributed by atoms with Crippen LogP contribution in [0.4, 0.5) is 0 Å². The first-order chi connectivity index (χ1) is 11.5. The first kappa shape index (κ1) is 17.2. The summed E-state index contributed by atoms with van der Waals surface area (Å²) in [5, 5.41) is 13.9. The lowest BCUT2D eigenvalue weighted by atomic mass is 9.71. The molecule has 2 aliphatic heterocycles. The fourth-order valence-electron chi connectivity index (χ4n) is 3.72. The van der Waals surface area contributed by atoms with Crippen LogP contribution in [-0.2, 0) is 16.0 Å². The van der Waals surface area contributed by atoms with Gasteiger partial charge in [-0.05, 0) is 43.4 Å². The maximum atomic E-state index is 12.6. The minimum atomic E-state index is -0.827. The first-order valence-electron chi connectivity index (χ1n) is 8.50. The molecule has 3 rings (SSSR count). The summed E-state index contributed by atoms with van der Waals surface area (Å²) >= 11 is 5.87. The van der Waals surface area contributed by atoms with E-state index in [1.807, 2.05) is 24.3 Å². The van der Waals surface area contributed by atoms with Gasteiger partial charge in [-0.3, -0.25) is 9.59 Å². The van der Waals surface area contributed by atoms with Crippen molar-refractivity contribution in [2.45, 2.75) is 38.2 Å². The number of benzene rings is 1. The van der Waals surface area contributed by atoms with Crippen molar-refractivity contribution in [2.75, 3.05) is 19.6 Å². The Morgan fingerprint density at radius 1 is 1.38 bits per heavy atom. The second kappa shape index (κ2) is 7.11. The van der Waals surface area contributed by atoms with E-state index in [9.17, 15) is 14.7 Å². The number of aliphatic hydroxyl groups is 1. The zero-order valence-electron chi connectivity index (χ0n) is 13.6. The van der Waals surface area contributed by atoms with E-state index in [-0.39, 0.29) is 11.8 Å². The average Bonchev–Trinajstić information content (AvgIpc) is 2.59. The molecule has 2 saturated heterocycles. The Hall–Kier alpha value is -1.59. The van der Waals surface area contributed by atoms with Gasteiger partial charge in [0, 0.05) is 31.1 Å². The van der Waals surface area contributed by atoms with E-state index in [4.69, 9.17) is 11.6 Å². The highest BCUT2D eigenvalue weighted by molar-refractivity contribution is 6.30. The van der Waals surface area contributed by atoms with E-state index < -0.39 is 11.5 Å². The number of amides is 2. The van der Waals surface area contributed by atoms with Gasteiger partial charge >= 0.3 is 0 Å². The minimum absolute atomic E-state index is 0.0367. The fraction of sp³-hybridized carbons (Fsp3) is 0.556. The quantitative estimate of drug-likeness (QED) is 0.872. The summed E-state index contributed by atoms with van der Waals surface area (Å²) in [7, 11) is 0. The SMILES string of the molecule is O=C(CCc1ccc(Cl)cc1)N1CC[C@@H](O)[C@@]2(CCCNC2=O)C1. The van der Waals surface area contributed by atoms with Crippen LogP contribution in [0, 0.1) is 5.41 Å². The number of halogens is 1. The van der Waals surface area contributed by atoms with Gasteiger partial charge in [0.15, 0.2) is 0 Å². The zero-order chi connectivity index (χ0) is 17.2. The highest BCUT2D eigenvalue weighted by Gasteiger charge is 2.50. The molecular weight excluding hydrogens is 328 g/mol. The number of aryl methyl sites for hydroxylation is 1. The van der Waals surface area contributed by atoms with E-state index in [0.717, 1.165) is 12.0 Å². The summed E-state index contributed by atoms with van der Waals surface area (Å²) in [4.78, 5) is 26.6. The van der Waals surface area contributed by atoms with E-state index in [2.05, 4.69) is 5.32 Å². The van der Waals surface area contributed by atoms with Crippen LogP contribution in [0.3, 0.4) is 0 Å². The Bertz CT molecular complexity index is 619. The molecule has 2 aliphatic rings. The van der Waals surface area contributed by atoms with Crippen molar-refractivity contribution in [2.24, 2.45) is 5.41 Å². The number of likely N-dealkylation sites (tertiary alicyclic amines) is 1. The molecule has 1 aromatic carbocycles. The number of hydrogen-bond acceptors (Lipinski definition) is 3. The third kappa shape index (κ3) is 3.42. The van der Waals surface area contributed by atoms with Crippen molar-refractivity contribution in [1.29, 1.82) is 0 Å². The van der Waals surface area contributed by atoms with Crippen LogP contribution in [-0.4, -0.2) is 47.6 Å². The topological polar surface area (TPSA) is 69.6 Å². The summed E-state index contributed by atoms with van der Waals surface area (Å²) < 4.78 is 0. The van der Waals surface area contributed by atoms with Gasteiger partial charge in [-0.15, -0.1) is 0 Å². The molecule has 0 radical (unpaired) electrons. The van der Waals surface area contributed by atoms with Crippen LogP contribution in [0.5, 0.6) is 0 Å². The van der Waals surface area contributed by atoms with Crippen molar-refractivity contribution >= 4 is 23.4 Å². The average molecular weight is 351 g/mol. The number of nitrogens with one attached hydrogen (secondary N) is 1. The van der Waals surface area contributed by atoms with Gasteiger partial charge in [-0.25, -0.2) is 0 Å². The largest absolute Gasteiger partial charge is 0.392 e. The molecule has 6 heteroatoms. The second-order valence-electron chi connectivity index (χ2n) is 6.76. The minimum Gasteiger partial charge on any atom is -0.392 e. The molecule has 2 heterocycles. The maximum absolute atomic E-state index is 12.6. The van der Waals surface area contributed by atoms with Crippen molar-refractivity contribution in [3.05, 3.63) is 34.9 Å². The molecule has 0 aromatic heterocycles. The molecule has 0 aliphatic carbocycles.